The molecule has 0 bridgehead atoms. The lowest BCUT2D eigenvalue weighted by molar-refractivity contribution is -0.122. The fraction of sp³-hybridized carbons (Fsp3) is 0.976. The van der Waals surface area contributed by atoms with E-state index in [1.54, 1.807) is 0 Å². The molecule has 0 aromatic rings. The van der Waals surface area contributed by atoms with Crippen LogP contribution in [0.3, 0.4) is 0 Å². The number of hydrogen-bond acceptors (Lipinski definition) is 8. The third-order valence-electron chi connectivity index (χ3n) is 14.4. The van der Waals surface area contributed by atoms with Crippen molar-refractivity contribution >= 4 is 11.7 Å². The smallest absolute Gasteiger partial charge is 0.220 e. The second kappa shape index (κ2) is 89.9. The Morgan fingerprint density at radius 3 is 0.777 bits per heavy atom. The first-order valence-corrected chi connectivity index (χ1v) is 38.9. The third kappa shape index (κ3) is 142. The first-order chi connectivity index (χ1) is 42.7. The number of hydrogen-bond donors (Lipinski definition) is 1. The van der Waals surface area contributed by atoms with Crippen LogP contribution in [0.15, 0.2) is 0 Å². The Hall–Kier alpha value is -1.10. The van der Waals surface area contributed by atoms with E-state index in [2.05, 4.69) is 185 Å². The third-order valence-corrected chi connectivity index (χ3v) is 14.4. The molecule has 0 radical (unpaired) electrons. The SMILES string of the molecule is C.C.C.CC(C)CCCCC(=O)C(C)C.CC(C)CCCCCCCC(C)C.CC(C)CCCCCCCC(C)C.CC(C)CCCOCC(C)C.CC(C)CCOCC(C)C.CC(C)CCOCCOCC(C)C.CC(C)CCOCCOCCNC(=O)CCC(C)C. The molecule has 1 N–H and O–H groups in total. The van der Waals surface area contributed by atoms with Gasteiger partial charge in [0.25, 0.3) is 0 Å². The normalized spacial score (nSPS) is 11.0. The quantitative estimate of drug-likeness (QED) is 0.0601. The van der Waals surface area contributed by atoms with Gasteiger partial charge in [-0.3, -0.25) is 9.59 Å². The highest BCUT2D eigenvalue weighted by molar-refractivity contribution is 5.80. The van der Waals surface area contributed by atoms with Gasteiger partial charge < -0.3 is 33.7 Å². The van der Waals surface area contributed by atoms with Crippen molar-refractivity contribution in [1.82, 2.24) is 5.32 Å². The molecule has 0 aliphatic rings. The van der Waals surface area contributed by atoms with Gasteiger partial charge in [0.05, 0.1) is 33.0 Å². The van der Waals surface area contributed by atoms with E-state index in [0.29, 0.717) is 68.2 Å². The lowest BCUT2D eigenvalue weighted by atomic mass is 10.0. The Bertz CT molecular complexity index is 1210. The number of carbonyl (C=O) groups is 2. The van der Waals surface area contributed by atoms with E-state index in [4.69, 9.17) is 28.4 Å². The Morgan fingerprint density at radius 2 is 0.479 bits per heavy atom. The fourth-order valence-corrected chi connectivity index (χ4v) is 8.23. The number of nitrogens with one attached hydrogen (secondary N) is 1. The molecule has 0 saturated heterocycles. The second-order valence-electron chi connectivity index (χ2n) is 32.1. The van der Waals surface area contributed by atoms with Gasteiger partial charge in [0, 0.05) is 71.6 Å². The summed E-state index contributed by atoms with van der Waals surface area (Å²) in [5, 5.41) is 2.85. The Labute approximate surface area is 597 Å². The summed E-state index contributed by atoms with van der Waals surface area (Å²) in [6.07, 6.45) is 32.0. The molecule has 0 aromatic heterocycles. The largest absolute Gasteiger partial charge is 0.381 e. The maximum atomic E-state index is 11.4. The van der Waals surface area contributed by atoms with Gasteiger partial charge in [-0.1, -0.05) is 319 Å². The molecule has 0 rings (SSSR count). The van der Waals surface area contributed by atoms with E-state index in [1.165, 1.54) is 122 Å². The summed E-state index contributed by atoms with van der Waals surface area (Å²) < 4.78 is 32.4. The zero-order chi connectivity index (χ0) is 71.1. The van der Waals surface area contributed by atoms with Crippen molar-refractivity contribution in [3.8, 4) is 0 Å². The summed E-state index contributed by atoms with van der Waals surface area (Å²) >= 11 is 0. The van der Waals surface area contributed by atoms with Crippen molar-refractivity contribution in [2.45, 2.75) is 377 Å². The van der Waals surface area contributed by atoms with Crippen LogP contribution in [0, 0.1) is 82.9 Å². The van der Waals surface area contributed by atoms with Crippen LogP contribution in [0.25, 0.3) is 0 Å². The Morgan fingerprint density at radius 1 is 0.234 bits per heavy atom. The summed E-state index contributed by atoms with van der Waals surface area (Å²) in [5.41, 5.74) is 0. The minimum Gasteiger partial charge on any atom is -0.381 e. The number of carbonyl (C=O) groups excluding carboxylic acids is 2. The van der Waals surface area contributed by atoms with E-state index in [-0.39, 0.29) is 34.1 Å². The average molecular weight is 1350 g/mol. The number of Topliss-reactive ketones (excluding diaryl/α,β-unsaturated/α-hetero) is 1. The van der Waals surface area contributed by atoms with Crippen molar-refractivity contribution in [1.29, 1.82) is 0 Å². The Kier molecular flexibility index (Phi) is 109. The summed E-state index contributed by atoms with van der Waals surface area (Å²) in [4.78, 5) is 22.6. The molecule has 0 unspecified atom stereocenters. The number of amides is 1. The van der Waals surface area contributed by atoms with Crippen LogP contribution in [0.5, 0.6) is 0 Å². The van der Waals surface area contributed by atoms with Crippen molar-refractivity contribution < 1.29 is 38.0 Å². The van der Waals surface area contributed by atoms with Crippen LogP contribution >= 0.6 is 0 Å². The maximum Gasteiger partial charge on any atom is 0.220 e. The van der Waals surface area contributed by atoms with Crippen LogP contribution < -0.4 is 5.32 Å². The van der Waals surface area contributed by atoms with E-state index < -0.39 is 0 Å². The highest BCUT2D eigenvalue weighted by Gasteiger charge is 2.07. The molecule has 0 heterocycles. The van der Waals surface area contributed by atoms with Gasteiger partial charge in [-0.15, -0.1) is 0 Å². The molecule has 0 spiro atoms. The summed E-state index contributed by atoms with van der Waals surface area (Å²) in [6.45, 7) is 72.0. The van der Waals surface area contributed by atoms with Crippen LogP contribution in [-0.4, -0.2) is 97.5 Å². The van der Waals surface area contributed by atoms with Gasteiger partial charge in [-0.2, -0.15) is 0 Å². The first kappa shape index (κ1) is 114. The molecule has 0 aliphatic carbocycles. The molecule has 0 saturated carbocycles. The molecule has 0 aliphatic heterocycles. The number of rotatable bonds is 53. The number of unbranched alkanes of at least 4 members (excludes halogenated alkanes) is 9. The first-order valence-electron chi connectivity index (χ1n) is 38.9. The minimum atomic E-state index is 0. The van der Waals surface area contributed by atoms with E-state index in [9.17, 15) is 9.59 Å². The highest BCUT2D eigenvalue weighted by Crippen LogP contribution is 2.16. The zero-order valence-electron chi connectivity index (χ0n) is 67.7. The fourth-order valence-electron chi connectivity index (χ4n) is 8.23. The minimum absolute atomic E-state index is 0. The molecule has 0 fully saturated rings. The molecular formula is C85H187NO8. The monoisotopic (exact) mass is 1350 g/mol. The molecule has 94 heavy (non-hydrogen) atoms. The lowest BCUT2D eigenvalue weighted by Gasteiger charge is -2.08. The van der Waals surface area contributed by atoms with E-state index in [0.717, 1.165) is 139 Å². The molecule has 0 aromatic carbocycles. The number of ether oxygens (including phenoxy) is 6. The van der Waals surface area contributed by atoms with Crippen LogP contribution in [0.2, 0.25) is 0 Å². The standard InChI is InChI=1S/C15H31NO3.2C13H28.C11H24O2.C11H22O.C10H22O.C9H20O.3CH4/c1-13(2)5-6-15(17)16-8-10-19-12-11-18-9-7-14(3)4;2*1-12(2)10-8-6-5-7-9-11-13(3)4;1-10(2)5-6-12-7-8-13-9-11(3)4;1-9(2)7-5-6-8-11(12)10(3)4;1-9(2)6-5-7-11-8-10(3)4;1-8(2)5-6-10-7-9(3)4;;;/h13-14H,5-12H2,1-4H3,(H,16,17);2*12-13H,5-11H2,1-4H3;10-11H,5-9H2,1-4H3;9-10H,5-8H2,1-4H3;9-10H,5-8H2,1-4H3;8-9H,5-7H2,1-4H3;3*1H4. The van der Waals surface area contributed by atoms with Crippen LogP contribution in [-0.2, 0) is 38.0 Å². The van der Waals surface area contributed by atoms with E-state index in [1.807, 2.05) is 13.8 Å². The summed E-state index contributed by atoms with van der Waals surface area (Å²) in [5.74, 6) is 10.7. The predicted octanol–water partition coefficient (Wildman–Crippen LogP) is 26.5. The predicted molar refractivity (Wildman–Crippen MR) is 426 cm³/mol. The molecule has 1 amide bonds. The summed E-state index contributed by atoms with van der Waals surface area (Å²) in [7, 11) is 0. The van der Waals surface area contributed by atoms with E-state index >= 15 is 0 Å². The number of ketones is 1. The van der Waals surface area contributed by atoms with Gasteiger partial charge in [-0.25, -0.2) is 0 Å². The summed E-state index contributed by atoms with van der Waals surface area (Å²) in [6, 6.07) is 0. The molecule has 580 valence electrons. The van der Waals surface area contributed by atoms with Crippen molar-refractivity contribution in [3.05, 3.63) is 0 Å². The zero-order valence-corrected chi connectivity index (χ0v) is 67.7. The molecule has 9 heteroatoms. The van der Waals surface area contributed by atoms with Gasteiger partial charge in [0.2, 0.25) is 5.91 Å². The van der Waals surface area contributed by atoms with Crippen molar-refractivity contribution in [2.24, 2.45) is 82.9 Å². The van der Waals surface area contributed by atoms with Crippen molar-refractivity contribution in [3.63, 3.8) is 0 Å². The topological polar surface area (TPSA) is 102 Å². The van der Waals surface area contributed by atoms with Gasteiger partial charge in [0.1, 0.15) is 5.78 Å². The van der Waals surface area contributed by atoms with Crippen molar-refractivity contribution in [2.75, 3.05) is 85.8 Å². The van der Waals surface area contributed by atoms with Gasteiger partial charge in [0.15, 0.2) is 0 Å². The highest BCUT2D eigenvalue weighted by atomic mass is 16.5. The second-order valence-corrected chi connectivity index (χ2v) is 32.1. The Balaban J connectivity index is -0.000000110. The van der Waals surface area contributed by atoms with Gasteiger partial charge >= 0.3 is 0 Å². The van der Waals surface area contributed by atoms with Gasteiger partial charge in [-0.05, 0) is 122 Å². The molecule has 9 nitrogen and oxygen atoms in total. The van der Waals surface area contributed by atoms with Crippen LogP contribution in [0.4, 0.5) is 0 Å². The maximum absolute atomic E-state index is 11.4. The lowest BCUT2D eigenvalue weighted by Crippen LogP contribution is -2.27. The average Bonchev–Trinajstić information content (AvgIpc) is 3.68. The molecular weight excluding hydrogens is 1160 g/mol. The van der Waals surface area contributed by atoms with Crippen LogP contribution in [0.1, 0.15) is 377 Å². The molecule has 0 atom stereocenters.